The summed E-state index contributed by atoms with van der Waals surface area (Å²) in [5.41, 5.74) is 2.64. The SMILES string of the molecule is Cn1cc(C=C(C(=O)NCc2ccccc2)C(=O)NCc2ccccc2)cn1. The van der Waals surface area contributed by atoms with Crippen LogP contribution >= 0.6 is 0 Å². The lowest BCUT2D eigenvalue weighted by Crippen LogP contribution is -2.34. The highest BCUT2D eigenvalue weighted by molar-refractivity contribution is 6.21. The summed E-state index contributed by atoms with van der Waals surface area (Å²) in [5, 5.41) is 9.70. The molecule has 0 atom stereocenters. The van der Waals surface area contributed by atoms with Crippen molar-refractivity contribution in [2.24, 2.45) is 7.05 Å². The molecule has 0 aliphatic heterocycles. The first kappa shape index (κ1) is 19.1. The number of carbonyl (C=O) groups excluding carboxylic acids is 2. The van der Waals surface area contributed by atoms with E-state index in [9.17, 15) is 9.59 Å². The Morgan fingerprint density at radius 2 is 1.39 bits per heavy atom. The van der Waals surface area contributed by atoms with Crippen LogP contribution in [0.3, 0.4) is 0 Å². The predicted octanol–water partition coefficient (Wildman–Crippen LogP) is 2.44. The molecule has 0 saturated heterocycles. The van der Waals surface area contributed by atoms with E-state index in [0.29, 0.717) is 18.7 Å². The van der Waals surface area contributed by atoms with Crippen LogP contribution in [-0.2, 0) is 29.7 Å². The molecule has 2 amide bonds. The third-order valence-corrected chi connectivity index (χ3v) is 4.12. The van der Waals surface area contributed by atoms with E-state index in [4.69, 9.17) is 0 Å². The highest BCUT2D eigenvalue weighted by atomic mass is 16.2. The number of nitrogens with zero attached hydrogens (tertiary/aromatic N) is 2. The van der Waals surface area contributed by atoms with E-state index in [1.807, 2.05) is 60.7 Å². The molecule has 0 radical (unpaired) electrons. The van der Waals surface area contributed by atoms with Gasteiger partial charge in [-0.25, -0.2) is 0 Å². The molecular formula is C22H22N4O2. The quantitative estimate of drug-likeness (QED) is 0.379. The smallest absolute Gasteiger partial charge is 0.257 e. The Morgan fingerprint density at radius 1 is 0.893 bits per heavy atom. The molecule has 1 heterocycles. The zero-order valence-corrected chi connectivity index (χ0v) is 15.6. The second-order valence-corrected chi connectivity index (χ2v) is 6.34. The molecule has 0 saturated carbocycles. The molecule has 6 heteroatoms. The largest absolute Gasteiger partial charge is 0.348 e. The summed E-state index contributed by atoms with van der Waals surface area (Å²) in [5.74, 6) is -0.864. The van der Waals surface area contributed by atoms with Gasteiger partial charge in [0.2, 0.25) is 0 Å². The molecule has 0 bridgehead atoms. The van der Waals surface area contributed by atoms with Gasteiger partial charge < -0.3 is 10.6 Å². The average molecular weight is 374 g/mol. The van der Waals surface area contributed by atoms with Crippen molar-refractivity contribution in [2.45, 2.75) is 13.1 Å². The highest BCUT2D eigenvalue weighted by Crippen LogP contribution is 2.08. The number of nitrogens with one attached hydrogen (secondary N) is 2. The summed E-state index contributed by atoms with van der Waals surface area (Å²) >= 11 is 0. The van der Waals surface area contributed by atoms with Gasteiger partial charge >= 0.3 is 0 Å². The standard InChI is InChI=1S/C22H22N4O2/c1-26-16-19(15-25-26)12-20(21(27)23-13-17-8-4-2-5-9-17)22(28)24-14-18-10-6-3-7-11-18/h2-12,15-16H,13-14H2,1H3,(H,23,27)(H,24,28). The molecular weight excluding hydrogens is 352 g/mol. The molecule has 6 nitrogen and oxygen atoms in total. The van der Waals surface area contributed by atoms with E-state index in [2.05, 4.69) is 15.7 Å². The summed E-state index contributed by atoms with van der Waals surface area (Å²) in [4.78, 5) is 25.4. The highest BCUT2D eigenvalue weighted by Gasteiger charge is 2.18. The normalized spacial score (nSPS) is 10.2. The van der Waals surface area contributed by atoms with Crippen molar-refractivity contribution in [1.29, 1.82) is 0 Å². The van der Waals surface area contributed by atoms with E-state index in [-0.39, 0.29) is 5.57 Å². The number of aromatic nitrogens is 2. The first-order valence-corrected chi connectivity index (χ1v) is 8.96. The number of hydrogen-bond donors (Lipinski definition) is 2. The molecule has 142 valence electrons. The second-order valence-electron chi connectivity index (χ2n) is 6.34. The molecule has 1 aromatic heterocycles. The van der Waals surface area contributed by atoms with Gasteiger partial charge in [-0.15, -0.1) is 0 Å². The lowest BCUT2D eigenvalue weighted by atomic mass is 10.1. The Labute approximate surface area is 163 Å². The van der Waals surface area contributed by atoms with Crippen molar-refractivity contribution in [2.75, 3.05) is 0 Å². The van der Waals surface area contributed by atoms with Crippen LogP contribution in [0.25, 0.3) is 6.08 Å². The number of amides is 2. The summed E-state index contributed by atoms with van der Waals surface area (Å²) in [6, 6.07) is 19.1. The number of hydrogen-bond acceptors (Lipinski definition) is 3. The fourth-order valence-electron chi connectivity index (χ4n) is 2.66. The minimum Gasteiger partial charge on any atom is -0.348 e. The van der Waals surface area contributed by atoms with Crippen molar-refractivity contribution in [1.82, 2.24) is 20.4 Å². The molecule has 0 aliphatic carbocycles. The molecule has 0 aliphatic rings. The van der Waals surface area contributed by atoms with Crippen LogP contribution < -0.4 is 10.6 Å². The average Bonchev–Trinajstić information content (AvgIpc) is 3.15. The van der Waals surface area contributed by atoms with Crippen LogP contribution in [0.15, 0.2) is 78.6 Å². The molecule has 2 N–H and O–H groups in total. The molecule has 0 fully saturated rings. The van der Waals surface area contributed by atoms with E-state index in [1.165, 1.54) is 0 Å². The van der Waals surface area contributed by atoms with Gasteiger partial charge in [0, 0.05) is 31.9 Å². The third-order valence-electron chi connectivity index (χ3n) is 4.12. The van der Waals surface area contributed by atoms with Crippen LogP contribution in [-0.4, -0.2) is 21.6 Å². The van der Waals surface area contributed by atoms with Gasteiger partial charge in [-0.3, -0.25) is 14.3 Å². The molecule has 2 aromatic carbocycles. The van der Waals surface area contributed by atoms with Crippen LogP contribution in [0, 0.1) is 0 Å². The Kier molecular flexibility index (Phi) is 6.36. The number of benzene rings is 2. The Bertz CT molecular complexity index is 905. The van der Waals surface area contributed by atoms with Crippen LogP contribution in [0.1, 0.15) is 16.7 Å². The zero-order valence-electron chi connectivity index (χ0n) is 15.6. The Hall–Kier alpha value is -3.67. The van der Waals surface area contributed by atoms with E-state index in [1.54, 1.807) is 30.2 Å². The van der Waals surface area contributed by atoms with Crippen molar-refractivity contribution in [3.05, 3.63) is 95.3 Å². The van der Waals surface area contributed by atoms with Crippen LogP contribution in [0.5, 0.6) is 0 Å². The summed E-state index contributed by atoms with van der Waals surface area (Å²) < 4.78 is 1.62. The fraction of sp³-hybridized carbons (Fsp3) is 0.136. The molecule has 0 spiro atoms. The molecule has 3 rings (SSSR count). The van der Waals surface area contributed by atoms with E-state index in [0.717, 1.165) is 11.1 Å². The van der Waals surface area contributed by atoms with Crippen LogP contribution in [0.2, 0.25) is 0 Å². The summed E-state index contributed by atoms with van der Waals surface area (Å²) in [6.45, 7) is 0.687. The van der Waals surface area contributed by atoms with Crippen molar-refractivity contribution in [3.63, 3.8) is 0 Å². The lowest BCUT2D eigenvalue weighted by Gasteiger charge is -2.10. The van der Waals surface area contributed by atoms with E-state index < -0.39 is 11.8 Å². The molecule has 0 unspecified atom stereocenters. The Balaban J connectivity index is 1.73. The summed E-state index contributed by atoms with van der Waals surface area (Å²) in [7, 11) is 1.78. The number of rotatable bonds is 7. The lowest BCUT2D eigenvalue weighted by molar-refractivity contribution is -0.123. The maximum Gasteiger partial charge on any atom is 0.257 e. The van der Waals surface area contributed by atoms with Gasteiger partial charge in [-0.05, 0) is 17.2 Å². The maximum atomic E-state index is 12.7. The molecule has 3 aromatic rings. The first-order chi connectivity index (χ1) is 13.6. The third kappa shape index (κ3) is 5.41. The van der Waals surface area contributed by atoms with Gasteiger partial charge in [0.25, 0.3) is 11.8 Å². The Morgan fingerprint density at radius 3 is 1.82 bits per heavy atom. The number of carbonyl (C=O) groups is 2. The van der Waals surface area contributed by atoms with Gasteiger partial charge in [-0.2, -0.15) is 5.10 Å². The maximum absolute atomic E-state index is 12.7. The first-order valence-electron chi connectivity index (χ1n) is 8.96. The van der Waals surface area contributed by atoms with Crippen LogP contribution in [0.4, 0.5) is 0 Å². The van der Waals surface area contributed by atoms with Crippen molar-refractivity contribution >= 4 is 17.9 Å². The monoisotopic (exact) mass is 374 g/mol. The van der Waals surface area contributed by atoms with Gasteiger partial charge in [-0.1, -0.05) is 60.7 Å². The predicted molar refractivity (Wildman–Crippen MR) is 108 cm³/mol. The topological polar surface area (TPSA) is 76.0 Å². The van der Waals surface area contributed by atoms with Gasteiger partial charge in [0.15, 0.2) is 0 Å². The number of aryl methyl sites for hydroxylation is 1. The van der Waals surface area contributed by atoms with E-state index >= 15 is 0 Å². The van der Waals surface area contributed by atoms with Gasteiger partial charge in [0.1, 0.15) is 5.57 Å². The van der Waals surface area contributed by atoms with Gasteiger partial charge in [0.05, 0.1) is 6.20 Å². The minimum atomic E-state index is -0.432. The minimum absolute atomic E-state index is 0.0415. The van der Waals surface area contributed by atoms with Crippen molar-refractivity contribution in [3.8, 4) is 0 Å². The zero-order chi connectivity index (χ0) is 19.8. The second kappa shape index (κ2) is 9.32. The fourth-order valence-corrected chi connectivity index (χ4v) is 2.66. The summed E-state index contributed by atoms with van der Waals surface area (Å²) in [6.07, 6.45) is 4.90. The molecule has 28 heavy (non-hydrogen) atoms. The van der Waals surface area contributed by atoms with Crippen molar-refractivity contribution < 1.29 is 9.59 Å².